The SMILES string of the molecule is Cn1ccc(-c2nc(-c3ccc(CN)cc3)cs2)n1. The topological polar surface area (TPSA) is 56.7 Å². The molecular weight excluding hydrogens is 256 g/mol. The average Bonchev–Trinajstić information content (AvgIpc) is 3.07. The van der Waals surface area contributed by atoms with Crippen LogP contribution in [0.1, 0.15) is 5.56 Å². The summed E-state index contributed by atoms with van der Waals surface area (Å²) in [7, 11) is 1.91. The normalized spacial score (nSPS) is 10.8. The summed E-state index contributed by atoms with van der Waals surface area (Å²) in [6.07, 6.45) is 1.92. The highest BCUT2D eigenvalue weighted by Gasteiger charge is 2.08. The molecule has 2 heterocycles. The molecule has 0 fully saturated rings. The lowest BCUT2D eigenvalue weighted by molar-refractivity contribution is 0.770. The minimum absolute atomic E-state index is 0.566. The van der Waals surface area contributed by atoms with Crippen molar-refractivity contribution in [3.05, 3.63) is 47.5 Å². The van der Waals surface area contributed by atoms with Crippen molar-refractivity contribution in [3.8, 4) is 22.0 Å². The first kappa shape index (κ1) is 12.1. The summed E-state index contributed by atoms with van der Waals surface area (Å²) in [5.41, 5.74) is 9.73. The molecule has 0 aliphatic heterocycles. The first-order valence-corrected chi connectivity index (χ1v) is 6.89. The molecule has 1 aromatic carbocycles. The van der Waals surface area contributed by atoms with E-state index in [0.717, 1.165) is 27.5 Å². The largest absolute Gasteiger partial charge is 0.326 e. The molecule has 0 aliphatic rings. The molecule has 2 aromatic heterocycles. The molecule has 0 amide bonds. The lowest BCUT2D eigenvalue weighted by Gasteiger charge is -1.99. The number of hydrogen-bond donors (Lipinski definition) is 1. The average molecular weight is 270 g/mol. The summed E-state index contributed by atoms with van der Waals surface area (Å²) in [6.45, 7) is 0.566. The van der Waals surface area contributed by atoms with Crippen LogP contribution in [0.25, 0.3) is 22.0 Å². The summed E-state index contributed by atoms with van der Waals surface area (Å²) in [5, 5.41) is 7.36. The molecular formula is C14H14N4S. The lowest BCUT2D eigenvalue weighted by atomic mass is 10.1. The van der Waals surface area contributed by atoms with E-state index in [-0.39, 0.29) is 0 Å². The van der Waals surface area contributed by atoms with Crippen LogP contribution in [0.3, 0.4) is 0 Å². The van der Waals surface area contributed by atoms with Gasteiger partial charge in [-0.15, -0.1) is 11.3 Å². The van der Waals surface area contributed by atoms with Crippen molar-refractivity contribution in [2.24, 2.45) is 12.8 Å². The molecule has 5 heteroatoms. The predicted molar refractivity (Wildman–Crippen MR) is 77.6 cm³/mol. The maximum atomic E-state index is 5.60. The lowest BCUT2D eigenvalue weighted by Crippen LogP contribution is -1.95. The quantitative estimate of drug-likeness (QED) is 0.796. The zero-order chi connectivity index (χ0) is 13.2. The zero-order valence-electron chi connectivity index (χ0n) is 10.6. The van der Waals surface area contributed by atoms with E-state index < -0.39 is 0 Å². The van der Waals surface area contributed by atoms with E-state index in [0.29, 0.717) is 6.54 Å². The van der Waals surface area contributed by atoms with Gasteiger partial charge in [0.1, 0.15) is 10.7 Å². The van der Waals surface area contributed by atoms with Gasteiger partial charge in [0.25, 0.3) is 0 Å². The Labute approximate surface area is 115 Å². The summed E-state index contributed by atoms with van der Waals surface area (Å²) < 4.78 is 1.78. The van der Waals surface area contributed by atoms with E-state index in [1.807, 2.05) is 31.4 Å². The highest BCUT2D eigenvalue weighted by Crippen LogP contribution is 2.27. The van der Waals surface area contributed by atoms with E-state index in [1.54, 1.807) is 16.0 Å². The molecule has 0 unspecified atom stereocenters. The molecule has 0 radical (unpaired) electrons. The van der Waals surface area contributed by atoms with Crippen molar-refractivity contribution in [2.45, 2.75) is 6.54 Å². The first-order chi connectivity index (χ1) is 9.26. The monoisotopic (exact) mass is 270 g/mol. The zero-order valence-corrected chi connectivity index (χ0v) is 11.4. The van der Waals surface area contributed by atoms with Crippen molar-refractivity contribution in [1.82, 2.24) is 14.8 Å². The molecule has 0 aliphatic carbocycles. The third-order valence-corrected chi connectivity index (χ3v) is 3.79. The molecule has 0 saturated heterocycles. The number of rotatable bonds is 3. The van der Waals surface area contributed by atoms with Gasteiger partial charge in [0.15, 0.2) is 0 Å². The molecule has 0 spiro atoms. The van der Waals surface area contributed by atoms with Crippen molar-refractivity contribution in [3.63, 3.8) is 0 Å². The van der Waals surface area contributed by atoms with E-state index >= 15 is 0 Å². The Morgan fingerprint density at radius 1 is 1.16 bits per heavy atom. The Bertz CT molecular complexity index is 682. The second-order valence-electron chi connectivity index (χ2n) is 4.31. The van der Waals surface area contributed by atoms with Crippen LogP contribution >= 0.6 is 11.3 Å². The summed E-state index contributed by atoms with van der Waals surface area (Å²) in [5.74, 6) is 0. The van der Waals surface area contributed by atoms with Gasteiger partial charge in [0.2, 0.25) is 0 Å². The fourth-order valence-corrected chi connectivity index (χ4v) is 2.66. The van der Waals surface area contributed by atoms with Crippen molar-refractivity contribution >= 4 is 11.3 Å². The van der Waals surface area contributed by atoms with Crippen LogP contribution < -0.4 is 5.73 Å². The number of nitrogens with two attached hydrogens (primary N) is 1. The van der Waals surface area contributed by atoms with Gasteiger partial charge in [-0.2, -0.15) is 5.10 Å². The smallest absolute Gasteiger partial charge is 0.144 e. The van der Waals surface area contributed by atoms with Gasteiger partial charge < -0.3 is 5.73 Å². The minimum atomic E-state index is 0.566. The highest BCUT2D eigenvalue weighted by molar-refractivity contribution is 7.13. The Balaban J connectivity index is 1.91. The third-order valence-electron chi connectivity index (χ3n) is 2.92. The number of nitrogens with zero attached hydrogens (tertiary/aromatic N) is 3. The van der Waals surface area contributed by atoms with E-state index in [9.17, 15) is 0 Å². The Morgan fingerprint density at radius 2 is 1.95 bits per heavy atom. The molecule has 0 bridgehead atoms. The van der Waals surface area contributed by atoms with Gasteiger partial charge >= 0.3 is 0 Å². The van der Waals surface area contributed by atoms with Crippen LogP contribution in [0.5, 0.6) is 0 Å². The molecule has 3 aromatic rings. The molecule has 0 saturated carbocycles. The van der Waals surface area contributed by atoms with Crippen molar-refractivity contribution < 1.29 is 0 Å². The van der Waals surface area contributed by atoms with Crippen LogP contribution in [0, 0.1) is 0 Å². The number of thiazole rings is 1. The van der Waals surface area contributed by atoms with Gasteiger partial charge in [-0.25, -0.2) is 4.98 Å². The Morgan fingerprint density at radius 3 is 2.58 bits per heavy atom. The fourth-order valence-electron chi connectivity index (χ4n) is 1.86. The number of aryl methyl sites for hydroxylation is 1. The maximum Gasteiger partial charge on any atom is 0.144 e. The maximum absolute atomic E-state index is 5.60. The molecule has 4 nitrogen and oxygen atoms in total. The van der Waals surface area contributed by atoms with E-state index in [2.05, 4.69) is 27.6 Å². The summed E-state index contributed by atoms with van der Waals surface area (Å²) in [6, 6.07) is 10.2. The van der Waals surface area contributed by atoms with Crippen LogP contribution in [0.2, 0.25) is 0 Å². The second-order valence-corrected chi connectivity index (χ2v) is 5.17. The van der Waals surface area contributed by atoms with Crippen LogP contribution in [-0.4, -0.2) is 14.8 Å². The van der Waals surface area contributed by atoms with E-state index in [1.165, 1.54) is 0 Å². The van der Waals surface area contributed by atoms with Crippen LogP contribution in [0.4, 0.5) is 0 Å². The molecule has 96 valence electrons. The molecule has 19 heavy (non-hydrogen) atoms. The summed E-state index contributed by atoms with van der Waals surface area (Å²) in [4.78, 5) is 4.63. The van der Waals surface area contributed by atoms with Crippen LogP contribution in [-0.2, 0) is 13.6 Å². The second kappa shape index (κ2) is 4.95. The van der Waals surface area contributed by atoms with E-state index in [4.69, 9.17) is 5.73 Å². The standard InChI is InChI=1S/C14H14N4S/c1-18-7-6-12(17-18)14-16-13(9-19-14)11-4-2-10(8-15)3-5-11/h2-7,9H,8,15H2,1H3. The Hall–Kier alpha value is -1.98. The number of aromatic nitrogens is 3. The van der Waals surface area contributed by atoms with Crippen LogP contribution in [0.15, 0.2) is 41.9 Å². The molecule has 0 atom stereocenters. The van der Waals surface area contributed by atoms with Crippen molar-refractivity contribution in [1.29, 1.82) is 0 Å². The van der Waals surface area contributed by atoms with Gasteiger partial charge in [-0.3, -0.25) is 4.68 Å². The third kappa shape index (κ3) is 2.43. The number of hydrogen-bond acceptors (Lipinski definition) is 4. The highest BCUT2D eigenvalue weighted by atomic mass is 32.1. The first-order valence-electron chi connectivity index (χ1n) is 6.01. The predicted octanol–water partition coefficient (Wildman–Crippen LogP) is 2.67. The number of benzene rings is 1. The Kier molecular flexibility index (Phi) is 3.15. The fraction of sp³-hybridized carbons (Fsp3) is 0.143. The summed E-state index contributed by atoms with van der Waals surface area (Å²) >= 11 is 1.61. The molecule has 3 rings (SSSR count). The van der Waals surface area contributed by atoms with Gasteiger partial charge in [-0.05, 0) is 11.6 Å². The van der Waals surface area contributed by atoms with Gasteiger partial charge in [-0.1, -0.05) is 24.3 Å². The van der Waals surface area contributed by atoms with Gasteiger partial charge in [0.05, 0.1) is 5.69 Å². The van der Waals surface area contributed by atoms with Crippen molar-refractivity contribution in [2.75, 3.05) is 0 Å². The minimum Gasteiger partial charge on any atom is -0.326 e. The molecule has 2 N–H and O–H groups in total. The van der Waals surface area contributed by atoms with Gasteiger partial charge in [0, 0.05) is 30.7 Å².